The van der Waals surface area contributed by atoms with Crippen molar-refractivity contribution in [3.63, 3.8) is 0 Å². The fourth-order valence-electron chi connectivity index (χ4n) is 1.41. The molecule has 1 amide bonds. The van der Waals surface area contributed by atoms with Crippen molar-refractivity contribution in [1.29, 1.82) is 0 Å². The summed E-state index contributed by atoms with van der Waals surface area (Å²) in [4.78, 5) is 11.3. The number of hydrogen-bond donors (Lipinski definition) is 2. The van der Waals surface area contributed by atoms with Crippen LogP contribution in [0.15, 0.2) is 30.3 Å². The molecule has 0 bridgehead atoms. The first-order valence-corrected chi connectivity index (χ1v) is 5.97. The predicted molar refractivity (Wildman–Crippen MR) is 74.8 cm³/mol. The summed E-state index contributed by atoms with van der Waals surface area (Å²) in [7, 11) is 0. The molecule has 0 aliphatic heterocycles. The van der Waals surface area contributed by atoms with E-state index in [9.17, 15) is 4.79 Å². The summed E-state index contributed by atoms with van der Waals surface area (Å²) >= 11 is 0. The van der Waals surface area contributed by atoms with Crippen LogP contribution in [0, 0.1) is 0 Å². The normalized spacial score (nSPS) is 9.39. The molecule has 0 unspecified atom stereocenters. The van der Waals surface area contributed by atoms with Gasteiger partial charge in [0.05, 0.1) is 0 Å². The lowest BCUT2D eigenvalue weighted by Gasteiger charge is -2.06. The number of alkyl carbamates (subject to hydrolysis) is 1. The number of halogens is 1. The fourth-order valence-corrected chi connectivity index (χ4v) is 1.41. The fraction of sp³-hybridized carbons (Fsp3) is 0.462. The second-order valence-electron chi connectivity index (χ2n) is 3.84. The molecule has 0 atom stereocenters. The number of amides is 1. The maximum absolute atomic E-state index is 11.3. The van der Waals surface area contributed by atoms with Gasteiger partial charge in [-0.1, -0.05) is 36.8 Å². The average Bonchev–Trinajstić information content (AvgIpc) is 2.37. The average molecular weight is 273 g/mol. The van der Waals surface area contributed by atoms with Crippen LogP contribution in [0.2, 0.25) is 0 Å². The van der Waals surface area contributed by atoms with Crippen LogP contribution in [0.1, 0.15) is 24.8 Å². The van der Waals surface area contributed by atoms with Crippen molar-refractivity contribution in [2.75, 3.05) is 13.1 Å². The number of hydrogen-bond acceptors (Lipinski definition) is 3. The van der Waals surface area contributed by atoms with Gasteiger partial charge in [0.1, 0.15) is 6.61 Å². The van der Waals surface area contributed by atoms with Crippen LogP contribution in [0.5, 0.6) is 0 Å². The molecule has 102 valence electrons. The minimum atomic E-state index is -0.360. The number of nitrogens with two attached hydrogens (primary N) is 1. The van der Waals surface area contributed by atoms with Crippen LogP contribution in [0.3, 0.4) is 0 Å². The number of ether oxygens (including phenoxy) is 1. The number of nitrogens with one attached hydrogen (secondary N) is 1. The highest BCUT2D eigenvalue weighted by atomic mass is 35.5. The van der Waals surface area contributed by atoms with E-state index < -0.39 is 0 Å². The molecule has 1 aromatic rings. The summed E-state index contributed by atoms with van der Waals surface area (Å²) in [6.07, 6.45) is 2.62. The molecule has 5 heteroatoms. The van der Waals surface area contributed by atoms with Crippen LogP contribution in [-0.2, 0) is 11.3 Å². The van der Waals surface area contributed by atoms with Crippen LogP contribution < -0.4 is 11.1 Å². The third kappa shape index (κ3) is 7.92. The van der Waals surface area contributed by atoms with E-state index in [1.807, 2.05) is 30.3 Å². The molecule has 0 fully saturated rings. The van der Waals surface area contributed by atoms with E-state index in [0.717, 1.165) is 24.8 Å². The van der Waals surface area contributed by atoms with Gasteiger partial charge in [-0.05, 0) is 24.9 Å². The molecule has 4 nitrogen and oxygen atoms in total. The topological polar surface area (TPSA) is 64.3 Å². The maximum atomic E-state index is 11.3. The van der Waals surface area contributed by atoms with Crippen molar-refractivity contribution in [3.05, 3.63) is 35.9 Å². The van der Waals surface area contributed by atoms with Gasteiger partial charge in [0.15, 0.2) is 0 Å². The van der Waals surface area contributed by atoms with Crippen molar-refractivity contribution < 1.29 is 9.53 Å². The summed E-state index contributed by atoms with van der Waals surface area (Å²) in [5.41, 5.74) is 6.36. The van der Waals surface area contributed by atoms with Gasteiger partial charge in [0.2, 0.25) is 0 Å². The van der Waals surface area contributed by atoms with Gasteiger partial charge in [-0.2, -0.15) is 0 Å². The zero-order valence-corrected chi connectivity index (χ0v) is 11.2. The molecule has 1 rings (SSSR count). The molecular formula is C13H21ClN2O2. The minimum Gasteiger partial charge on any atom is -0.445 e. The molecule has 0 aliphatic rings. The highest BCUT2D eigenvalue weighted by molar-refractivity contribution is 5.85. The van der Waals surface area contributed by atoms with Gasteiger partial charge in [0, 0.05) is 6.54 Å². The van der Waals surface area contributed by atoms with Crippen molar-refractivity contribution in [3.8, 4) is 0 Å². The van der Waals surface area contributed by atoms with E-state index in [4.69, 9.17) is 10.5 Å². The zero-order valence-electron chi connectivity index (χ0n) is 10.4. The minimum absolute atomic E-state index is 0. The predicted octanol–water partition coefficient (Wildman–Crippen LogP) is 2.46. The maximum Gasteiger partial charge on any atom is 0.407 e. The molecule has 3 N–H and O–H groups in total. The second kappa shape index (κ2) is 10.9. The summed E-state index contributed by atoms with van der Waals surface area (Å²) < 4.78 is 5.06. The van der Waals surface area contributed by atoms with Gasteiger partial charge >= 0.3 is 6.09 Å². The number of benzene rings is 1. The van der Waals surface area contributed by atoms with Crippen molar-refractivity contribution >= 4 is 18.5 Å². The summed E-state index contributed by atoms with van der Waals surface area (Å²) in [6.45, 7) is 1.67. The third-order valence-corrected chi connectivity index (χ3v) is 2.36. The second-order valence-corrected chi connectivity index (χ2v) is 3.84. The molecule has 0 saturated carbocycles. The molecule has 0 heterocycles. The van der Waals surface area contributed by atoms with E-state index in [1.165, 1.54) is 0 Å². The Hall–Kier alpha value is -1.26. The number of rotatable bonds is 7. The molecule has 0 saturated heterocycles. The van der Waals surface area contributed by atoms with Gasteiger partial charge in [-0.25, -0.2) is 4.79 Å². The van der Waals surface area contributed by atoms with E-state index in [0.29, 0.717) is 19.7 Å². The van der Waals surface area contributed by atoms with Gasteiger partial charge < -0.3 is 15.8 Å². The van der Waals surface area contributed by atoms with Crippen LogP contribution in [0.4, 0.5) is 4.79 Å². The molecule has 0 spiro atoms. The van der Waals surface area contributed by atoms with Crippen molar-refractivity contribution in [2.45, 2.75) is 25.9 Å². The van der Waals surface area contributed by atoms with E-state index in [-0.39, 0.29) is 18.5 Å². The van der Waals surface area contributed by atoms with Crippen LogP contribution >= 0.6 is 12.4 Å². The molecule has 0 radical (unpaired) electrons. The third-order valence-electron chi connectivity index (χ3n) is 2.36. The van der Waals surface area contributed by atoms with Gasteiger partial charge in [-0.3, -0.25) is 0 Å². The molecule has 1 aromatic carbocycles. The number of carbonyl (C=O) groups excluding carboxylic acids is 1. The van der Waals surface area contributed by atoms with Gasteiger partial charge in [-0.15, -0.1) is 12.4 Å². The van der Waals surface area contributed by atoms with Crippen molar-refractivity contribution in [1.82, 2.24) is 5.32 Å². The zero-order chi connectivity index (χ0) is 12.3. The highest BCUT2D eigenvalue weighted by Crippen LogP contribution is 2.00. The van der Waals surface area contributed by atoms with E-state index >= 15 is 0 Å². The lowest BCUT2D eigenvalue weighted by Crippen LogP contribution is -2.25. The van der Waals surface area contributed by atoms with E-state index in [1.54, 1.807) is 0 Å². The largest absolute Gasteiger partial charge is 0.445 e. The smallest absolute Gasteiger partial charge is 0.407 e. The lowest BCUT2D eigenvalue weighted by molar-refractivity contribution is 0.139. The first kappa shape index (κ1) is 16.7. The Bertz CT molecular complexity index is 320. The van der Waals surface area contributed by atoms with Gasteiger partial charge in [0.25, 0.3) is 0 Å². The Labute approximate surface area is 114 Å². The Kier molecular flexibility index (Phi) is 10.1. The Balaban J connectivity index is 0.00000289. The Morgan fingerprint density at radius 3 is 2.56 bits per heavy atom. The first-order valence-electron chi connectivity index (χ1n) is 5.97. The number of carbonyl (C=O) groups is 1. The van der Waals surface area contributed by atoms with Crippen molar-refractivity contribution in [2.24, 2.45) is 5.73 Å². The SMILES string of the molecule is Cl.NCCCCCNC(=O)OCc1ccccc1. The Morgan fingerprint density at radius 1 is 1.17 bits per heavy atom. The molecule has 18 heavy (non-hydrogen) atoms. The quantitative estimate of drug-likeness (QED) is 0.750. The van der Waals surface area contributed by atoms with E-state index in [2.05, 4.69) is 5.32 Å². The standard InChI is InChI=1S/C13H20N2O2.ClH/c14-9-5-2-6-10-15-13(16)17-11-12-7-3-1-4-8-12;/h1,3-4,7-8H,2,5-6,9-11,14H2,(H,15,16);1H. The lowest BCUT2D eigenvalue weighted by atomic mass is 10.2. The van der Waals surface area contributed by atoms with Crippen LogP contribution in [-0.4, -0.2) is 19.2 Å². The Morgan fingerprint density at radius 2 is 1.89 bits per heavy atom. The highest BCUT2D eigenvalue weighted by Gasteiger charge is 2.00. The first-order chi connectivity index (χ1) is 8.33. The monoisotopic (exact) mass is 272 g/mol. The molecular weight excluding hydrogens is 252 g/mol. The number of unbranched alkanes of at least 4 members (excludes halogenated alkanes) is 2. The summed E-state index contributed by atoms with van der Waals surface area (Å²) in [5, 5.41) is 2.71. The summed E-state index contributed by atoms with van der Waals surface area (Å²) in [5.74, 6) is 0. The van der Waals surface area contributed by atoms with Crippen LogP contribution in [0.25, 0.3) is 0 Å². The molecule has 0 aliphatic carbocycles. The molecule has 0 aromatic heterocycles. The summed E-state index contributed by atoms with van der Waals surface area (Å²) in [6, 6.07) is 9.62.